The summed E-state index contributed by atoms with van der Waals surface area (Å²) in [5.74, 6) is -1.26. The molecular weight excluding hydrogens is 753 g/mol. The topological polar surface area (TPSA) is 105 Å². The molecule has 0 amide bonds. The van der Waals surface area contributed by atoms with Gasteiger partial charge in [0, 0.05) is 11.1 Å². The summed E-state index contributed by atoms with van der Waals surface area (Å²) >= 11 is 0. The molecule has 0 saturated carbocycles. The molecule has 0 aromatic heterocycles. The van der Waals surface area contributed by atoms with E-state index in [1.807, 2.05) is 98.8 Å². The van der Waals surface area contributed by atoms with E-state index < -0.39 is 23.9 Å². The van der Waals surface area contributed by atoms with E-state index in [1.54, 1.807) is 60.7 Å². The van der Waals surface area contributed by atoms with Crippen molar-refractivity contribution >= 4 is 45.4 Å². The van der Waals surface area contributed by atoms with Crippen LogP contribution in [0.15, 0.2) is 170 Å². The van der Waals surface area contributed by atoms with E-state index >= 15 is 0 Å². The van der Waals surface area contributed by atoms with Crippen molar-refractivity contribution in [3.8, 4) is 34.1 Å². The zero-order chi connectivity index (χ0) is 41.6. The van der Waals surface area contributed by atoms with Gasteiger partial charge in [0.05, 0.1) is 22.3 Å². The normalized spacial score (nSPS) is 10.9. The van der Waals surface area contributed by atoms with Crippen LogP contribution >= 0.6 is 0 Å². The van der Waals surface area contributed by atoms with Gasteiger partial charge in [0.25, 0.3) is 0 Å². The molecule has 60 heavy (non-hydrogen) atoms. The molecule has 8 nitrogen and oxygen atoms in total. The van der Waals surface area contributed by atoms with Crippen molar-refractivity contribution in [3.05, 3.63) is 203 Å². The Kier molecular flexibility index (Phi) is 11.3. The molecule has 294 valence electrons. The highest BCUT2D eigenvalue weighted by atomic mass is 16.5. The van der Waals surface area contributed by atoms with Gasteiger partial charge in [0.15, 0.2) is 0 Å². The average molecular weight is 791 g/mol. The molecular formula is C52H38O8. The quantitative estimate of drug-likeness (QED) is 0.0942. The summed E-state index contributed by atoms with van der Waals surface area (Å²) in [6.45, 7) is 4.08. The predicted molar refractivity (Wildman–Crippen MR) is 231 cm³/mol. The van der Waals surface area contributed by atoms with Crippen LogP contribution in [0.25, 0.3) is 32.7 Å². The minimum atomic E-state index is -0.642. The molecule has 0 heterocycles. The Morgan fingerprint density at radius 3 is 1.02 bits per heavy atom. The van der Waals surface area contributed by atoms with Crippen LogP contribution in [0.3, 0.4) is 0 Å². The number of carbonyl (C=O) groups excluding carboxylic acids is 4. The summed E-state index contributed by atoms with van der Waals surface area (Å²) in [6.07, 6.45) is 1.72. The van der Waals surface area contributed by atoms with Crippen LogP contribution in [0.4, 0.5) is 0 Å². The third-order valence-corrected chi connectivity index (χ3v) is 10.2. The zero-order valence-electron chi connectivity index (χ0n) is 32.8. The Bertz CT molecular complexity index is 2680. The van der Waals surface area contributed by atoms with Crippen molar-refractivity contribution in [2.24, 2.45) is 0 Å². The molecule has 0 saturated heterocycles. The van der Waals surface area contributed by atoms with Gasteiger partial charge in [-0.3, -0.25) is 0 Å². The molecule has 0 unspecified atom stereocenters. The molecule has 8 aromatic carbocycles. The maximum absolute atomic E-state index is 13.8. The molecule has 0 radical (unpaired) electrons. The molecule has 0 fully saturated rings. The first-order valence-electron chi connectivity index (χ1n) is 19.6. The number of fused-ring (bicyclic) bond motifs is 2. The number of hydrogen-bond acceptors (Lipinski definition) is 8. The number of ether oxygens (including phenoxy) is 4. The lowest BCUT2D eigenvalue weighted by molar-refractivity contribution is 0.0719. The zero-order valence-corrected chi connectivity index (χ0v) is 32.8. The van der Waals surface area contributed by atoms with Crippen molar-refractivity contribution in [3.63, 3.8) is 0 Å². The molecule has 8 aromatic rings. The minimum Gasteiger partial charge on any atom is -0.423 e. The molecule has 0 bridgehead atoms. The fourth-order valence-electron chi connectivity index (χ4n) is 6.91. The van der Waals surface area contributed by atoms with E-state index in [2.05, 4.69) is 0 Å². The molecule has 8 rings (SSSR count). The Morgan fingerprint density at radius 1 is 0.350 bits per heavy atom. The maximum atomic E-state index is 13.8. The third-order valence-electron chi connectivity index (χ3n) is 10.2. The number of rotatable bonds is 11. The highest BCUT2D eigenvalue weighted by Crippen LogP contribution is 2.46. The van der Waals surface area contributed by atoms with E-state index in [1.165, 1.54) is 24.3 Å². The first-order chi connectivity index (χ1) is 29.3. The van der Waals surface area contributed by atoms with Gasteiger partial charge in [0.2, 0.25) is 0 Å². The summed E-state index contributed by atoms with van der Waals surface area (Å²) in [5, 5.41) is 3.28. The predicted octanol–water partition coefficient (Wildman–Crippen LogP) is 11.7. The second-order valence-electron chi connectivity index (χ2n) is 14.0. The molecule has 0 aliphatic heterocycles. The fourth-order valence-corrected chi connectivity index (χ4v) is 6.91. The third kappa shape index (κ3) is 8.40. The molecule has 0 spiro atoms. The van der Waals surface area contributed by atoms with Gasteiger partial charge in [-0.1, -0.05) is 98.8 Å². The highest BCUT2D eigenvalue weighted by Gasteiger charge is 2.23. The van der Waals surface area contributed by atoms with Gasteiger partial charge in [-0.2, -0.15) is 0 Å². The number of carbonyl (C=O) groups is 4. The molecule has 0 aliphatic carbocycles. The second-order valence-corrected chi connectivity index (χ2v) is 14.0. The van der Waals surface area contributed by atoms with Crippen LogP contribution in [0, 0.1) is 0 Å². The fraction of sp³-hybridized carbons (Fsp3) is 0.0769. The van der Waals surface area contributed by atoms with Crippen LogP contribution in [-0.4, -0.2) is 23.9 Å². The van der Waals surface area contributed by atoms with Gasteiger partial charge in [-0.05, 0) is 130 Å². The molecule has 8 heteroatoms. The first kappa shape index (κ1) is 39.0. The Labute approximate surface area is 346 Å². The number of aryl methyl sites for hydroxylation is 2. The number of hydrogen-bond donors (Lipinski definition) is 0. The van der Waals surface area contributed by atoms with Crippen molar-refractivity contribution in [1.29, 1.82) is 0 Å². The maximum Gasteiger partial charge on any atom is 0.343 e. The SMILES string of the molecule is CCc1ccc(C(=O)Oc2ccc(C(=O)Oc3ccc4ccccc4c3-c3c(OC(=O)c4ccc(OC(=O)c5ccc(CC)cc5)cc4)ccc4ccccc34)cc2)cc1. The lowest BCUT2D eigenvalue weighted by atomic mass is 9.92. The van der Waals surface area contributed by atoms with E-state index in [9.17, 15) is 19.2 Å². The van der Waals surface area contributed by atoms with Crippen LogP contribution in [-0.2, 0) is 12.8 Å². The average Bonchev–Trinajstić information content (AvgIpc) is 3.29. The van der Waals surface area contributed by atoms with E-state index in [4.69, 9.17) is 18.9 Å². The Morgan fingerprint density at radius 2 is 0.667 bits per heavy atom. The summed E-state index contributed by atoms with van der Waals surface area (Å²) in [5.41, 5.74) is 4.62. The lowest BCUT2D eigenvalue weighted by Crippen LogP contribution is -2.12. The summed E-state index contributed by atoms with van der Waals surface area (Å²) in [7, 11) is 0. The van der Waals surface area contributed by atoms with Crippen LogP contribution < -0.4 is 18.9 Å². The van der Waals surface area contributed by atoms with E-state index in [0.29, 0.717) is 22.3 Å². The molecule has 0 aliphatic rings. The van der Waals surface area contributed by atoms with Crippen LogP contribution in [0.1, 0.15) is 66.4 Å². The summed E-state index contributed by atoms with van der Waals surface area (Å²) in [4.78, 5) is 53.2. The van der Waals surface area contributed by atoms with Gasteiger partial charge in [-0.15, -0.1) is 0 Å². The van der Waals surface area contributed by atoms with Gasteiger partial charge >= 0.3 is 23.9 Å². The highest BCUT2D eigenvalue weighted by molar-refractivity contribution is 6.11. The van der Waals surface area contributed by atoms with Gasteiger partial charge in [-0.25, -0.2) is 19.2 Å². The number of benzene rings is 8. The number of esters is 4. The van der Waals surface area contributed by atoms with Crippen LogP contribution in [0.5, 0.6) is 23.0 Å². The monoisotopic (exact) mass is 790 g/mol. The molecule has 0 atom stereocenters. The lowest BCUT2D eigenvalue weighted by Gasteiger charge is -2.19. The second kappa shape index (κ2) is 17.3. The Hall–Kier alpha value is -7.84. The smallest absolute Gasteiger partial charge is 0.343 e. The summed E-state index contributed by atoms with van der Waals surface area (Å²) < 4.78 is 23.4. The summed E-state index contributed by atoms with van der Waals surface area (Å²) in [6, 6.07) is 49.3. The van der Waals surface area contributed by atoms with Gasteiger partial charge in [0.1, 0.15) is 23.0 Å². The minimum absolute atomic E-state index is 0.231. The Balaban J connectivity index is 1.08. The van der Waals surface area contributed by atoms with E-state index in [-0.39, 0.29) is 34.1 Å². The first-order valence-corrected chi connectivity index (χ1v) is 19.6. The van der Waals surface area contributed by atoms with Crippen molar-refractivity contribution in [2.45, 2.75) is 26.7 Å². The van der Waals surface area contributed by atoms with Gasteiger partial charge < -0.3 is 18.9 Å². The van der Waals surface area contributed by atoms with Crippen molar-refractivity contribution in [1.82, 2.24) is 0 Å². The van der Waals surface area contributed by atoms with Crippen LogP contribution in [0.2, 0.25) is 0 Å². The van der Waals surface area contributed by atoms with Crippen molar-refractivity contribution in [2.75, 3.05) is 0 Å². The standard InChI is InChI=1S/C52H38O8/c1-3-33-13-17-37(18-14-33)49(53)57-41-27-21-39(22-28-41)51(55)59-45-31-25-35-9-5-7-11-43(35)47(45)48-44-12-8-6-10-36(44)26-32-46(48)60-52(56)40-23-29-42(30-24-40)58-50(54)38-19-15-34(4-2)16-20-38/h5-32H,3-4H2,1-2H3. The van der Waals surface area contributed by atoms with Crippen molar-refractivity contribution < 1.29 is 38.1 Å². The van der Waals surface area contributed by atoms with E-state index in [0.717, 1.165) is 45.5 Å². The molecule has 0 N–H and O–H groups in total. The largest absolute Gasteiger partial charge is 0.423 e.